The van der Waals surface area contributed by atoms with Gasteiger partial charge < -0.3 is 10.1 Å². The average molecular weight is 265 g/mol. The van der Waals surface area contributed by atoms with Crippen LogP contribution in [0.5, 0.6) is 5.75 Å². The van der Waals surface area contributed by atoms with Gasteiger partial charge in [0.2, 0.25) is 0 Å². The van der Waals surface area contributed by atoms with Gasteiger partial charge in [-0.05, 0) is 13.0 Å². The van der Waals surface area contributed by atoms with Gasteiger partial charge in [-0.3, -0.25) is 15.0 Å². The van der Waals surface area contributed by atoms with Crippen LogP contribution in [0.4, 0.5) is 5.69 Å². The first kappa shape index (κ1) is 13.8. The molecule has 0 unspecified atom stereocenters. The lowest BCUT2D eigenvalue weighted by atomic mass is 10.1. The Balaban J connectivity index is 2.17. The second kappa shape index (κ2) is 5.99. The van der Waals surface area contributed by atoms with Crippen molar-refractivity contribution >= 4 is 5.69 Å². The highest BCUT2D eigenvalue weighted by atomic mass is 16.6. The van der Waals surface area contributed by atoms with Crippen molar-refractivity contribution in [2.45, 2.75) is 19.5 Å². The van der Waals surface area contributed by atoms with Crippen LogP contribution in [0, 0.1) is 10.1 Å². The molecule has 104 valence electrons. The van der Waals surface area contributed by atoms with Gasteiger partial charge in [0.25, 0.3) is 5.69 Å². The number of benzene rings is 1. The molecule has 0 aliphatic carbocycles. The molecule has 1 aromatic rings. The summed E-state index contributed by atoms with van der Waals surface area (Å²) in [5.41, 5.74) is 0.977. The normalized spacial score (nSPS) is 20.2. The molecule has 0 bridgehead atoms. The van der Waals surface area contributed by atoms with Crippen LogP contribution in [0.15, 0.2) is 18.2 Å². The van der Waals surface area contributed by atoms with E-state index in [2.05, 4.69) is 17.1 Å². The first-order chi connectivity index (χ1) is 9.10. The first-order valence-corrected chi connectivity index (χ1v) is 6.37. The van der Waals surface area contributed by atoms with Gasteiger partial charge >= 0.3 is 0 Å². The molecule has 0 aromatic heterocycles. The van der Waals surface area contributed by atoms with Crippen molar-refractivity contribution in [1.29, 1.82) is 0 Å². The Hall–Kier alpha value is -1.66. The van der Waals surface area contributed by atoms with Crippen LogP contribution in [0.1, 0.15) is 12.5 Å². The number of nitrogens with zero attached hydrogens (tertiary/aromatic N) is 2. The highest BCUT2D eigenvalue weighted by Crippen LogP contribution is 2.25. The van der Waals surface area contributed by atoms with E-state index in [1.165, 1.54) is 6.07 Å². The number of rotatable bonds is 4. The molecular weight excluding hydrogens is 246 g/mol. The number of ether oxygens (including phenoxy) is 1. The van der Waals surface area contributed by atoms with Gasteiger partial charge in [0.15, 0.2) is 0 Å². The first-order valence-electron chi connectivity index (χ1n) is 6.37. The van der Waals surface area contributed by atoms with Gasteiger partial charge in [-0.1, -0.05) is 0 Å². The number of hydrogen-bond acceptors (Lipinski definition) is 5. The van der Waals surface area contributed by atoms with E-state index < -0.39 is 0 Å². The minimum absolute atomic E-state index is 0.110. The van der Waals surface area contributed by atoms with Gasteiger partial charge in [0, 0.05) is 49.9 Å². The Morgan fingerprint density at radius 1 is 1.58 bits per heavy atom. The van der Waals surface area contributed by atoms with E-state index in [1.54, 1.807) is 19.2 Å². The second-order valence-corrected chi connectivity index (χ2v) is 4.84. The van der Waals surface area contributed by atoms with Crippen LogP contribution in [0.3, 0.4) is 0 Å². The number of hydrogen-bond donors (Lipinski definition) is 1. The van der Waals surface area contributed by atoms with E-state index in [0.29, 0.717) is 18.3 Å². The number of piperazine rings is 1. The molecule has 2 rings (SSSR count). The number of methoxy groups -OCH3 is 1. The zero-order valence-electron chi connectivity index (χ0n) is 11.3. The summed E-state index contributed by atoms with van der Waals surface area (Å²) < 4.78 is 5.28. The summed E-state index contributed by atoms with van der Waals surface area (Å²) in [6.07, 6.45) is 0. The summed E-state index contributed by atoms with van der Waals surface area (Å²) in [6.45, 7) is 5.63. The highest BCUT2D eigenvalue weighted by Gasteiger charge is 2.18. The van der Waals surface area contributed by atoms with Crippen LogP contribution >= 0.6 is 0 Å². The van der Waals surface area contributed by atoms with E-state index in [-0.39, 0.29) is 10.6 Å². The monoisotopic (exact) mass is 265 g/mol. The molecule has 19 heavy (non-hydrogen) atoms. The van der Waals surface area contributed by atoms with Crippen molar-refractivity contribution in [3.8, 4) is 5.75 Å². The summed E-state index contributed by atoms with van der Waals surface area (Å²) in [5.74, 6) is 0.705. The largest absolute Gasteiger partial charge is 0.496 e. The van der Waals surface area contributed by atoms with Crippen molar-refractivity contribution in [2.75, 3.05) is 26.7 Å². The van der Waals surface area contributed by atoms with E-state index in [9.17, 15) is 10.1 Å². The van der Waals surface area contributed by atoms with Crippen LogP contribution in [0.25, 0.3) is 0 Å². The number of nitrogens with one attached hydrogen (secondary N) is 1. The molecule has 0 saturated carbocycles. The molecule has 0 spiro atoms. The molecule has 1 heterocycles. The van der Waals surface area contributed by atoms with Crippen molar-refractivity contribution in [3.05, 3.63) is 33.9 Å². The summed E-state index contributed by atoms with van der Waals surface area (Å²) in [4.78, 5) is 12.7. The predicted molar refractivity (Wildman–Crippen MR) is 72.4 cm³/mol. The highest BCUT2D eigenvalue weighted by molar-refractivity contribution is 5.43. The van der Waals surface area contributed by atoms with Crippen LogP contribution in [-0.2, 0) is 6.54 Å². The lowest BCUT2D eigenvalue weighted by molar-refractivity contribution is -0.385. The number of non-ortho nitro benzene ring substituents is 1. The molecule has 1 N–H and O–H groups in total. The van der Waals surface area contributed by atoms with Gasteiger partial charge in [-0.15, -0.1) is 0 Å². The minimum Gasteiger partial charge on any atom is -0.496 e. The smallest absolute Gasteiger partial charge is 0.270 e. The van der Waals surface area contributed by atoms with Gasteiger partial charge in [-0.25, -0.2) is 0 Å². The van der Waals surface area contributed by atoms with Crippen molar-refractivity contribution in [1.82, 2.24) is 10.2 Å². The Bertz CT molecular complexity index is 464. The van der Waals surface area contributed by atoms with Crippen molar-refractivity contribution in [3.63, 3.8) is 0 Å². The Morgan fingerprint density at radius 3 is 3.00 bits per heavy atom. The fourth-order valence-electron chi connectivity index (χ4n) is 2.40. The maximum Gasteiger partial charge on any atom is 0.270 e. The summed E-state index contributed by atoms with van der Waals surface area (Å²) in [6, 6.07) is 5.19. The van der Waals surface area contributed by atoms with Crippen LogP contribution in [0.2, 0.25) is 0 Å². The van der Waals surface area contributed by atoms with Gasteiger partial charge in [-0.2, -0.15) is 0 Å². The molecule has 1 aliphatic rings. The molecule has 0 amide bonds. The van der Waals surface area contributed by atoms with Gasteiger partial charge in [0.05, 0.1) is 12.0 Å². The molecule has 1 saturated heterocycles. The summed E-state index contributed by atoms with van der Waals surface area (Å²) in [5, 5.41) is 14.2. The number of nitro groups is 1. The molecule has 1 aliphatic heterocycles. The van der Waals surface area contributed by atoms with Gasteiger partial charge in [0.1, 0.15) is 5.75 Å². The molecule has 6 heteroatoms. The molecular formula is C13H19N3O3. The zero-order valence-corrected chi connectivity index (χ0v) is 11.3. The molecule has 1 atom stereocenters. The maximum atomic E-state index is 10.8. The standard InChI is InChI=1S/C13H19N3O3/c1-10-8-15(6-5-14-10)9-11-7-12(16(17)18)3-4-13(11)19-2/h3-4,7,10,14H,5-6,8-9H2,1-2H3/t10-/m1/s1. The quantitative estimate of drug-likeness (QED) is 0.658. The predicted octanol–water partition coefficient (Wildman–Crippen LogP) is 1.40. The average Bonchev–Trinajstić information content (AvgIpc) is 2.38. The lowest BCUT2D eigenvalue weighted by Crippen LogP contribution is -2.48. The van der Waals surface area contributed by atoms with E-state index in [1.807, 2.05) is 0 Å². The molecule has 6 nitrogen and oxygen atoms in total. The molecule has 1 aromatic carbocycles. The third-order valence-corrected chi connectivity index (χ3v) is 3.32. The topological polar surface area (TPSA) is 67.6 Å². The fourth-order valence-corrected chi connectivity index (χ4v) is 2.40. The minimum atomic E-state index is -0.372. The molecule has 0 radical (unpaired) electrons. The second-order valence-electron chi connectivity index (χ2n) is 4.84. The third kappa shape index (κ3) is 3.42. The van der Waals surface area contributed by atoms with Crippen molar-refractivity contribution in [2.24, 2.45) is 0 Å². The van der Waals surface area contributed by atoms with Crippen LogP contribution < -0.4 is 10.1 Å². The summed E-state index contributed by atoms with van der Waals surface area (Å²) in [7, 11) is 1.59. The third-order valence-electron chi connectivity index (χ3n) is 3.32. The van der Waals surface area contributed by atoms with E-state index in [4.69, 9.17) is 4.74 Å². The lowest BCUT2D eigenvalue weighted by Gasteiger charge is -2.32. The Morgan fingerprint density at radius 2 is 2.37 bits per heavy atom. The molecule has 1 fully saturated rings. The summed E-state index contributed by atoms with van der Waals surface area (Å²) >= 11 is 0. The Labute approximate surface area is 112 Å². The fraction of sp³-hybridized carbons (Fsp3) is 0.538. The Kier molecular flexibility index (Phi) is 4.34. The van der Waals surface area contributed by atoms with E-state index >= 15 is 0 Å². The van der Waals surface area contributed by atoms with E-state index in [0.717, 1.165) is 25.2 Å². The zero-order chi connectivity index (χ0) is 13.8. The maximum absolute atomic E-state index is 10.8. The van der Waals surface area contributed by atoms with Crippen molar-refractivity contribution < 1.29 is 9.66 Å². The number of nitro benzene ring substituents is 1. The van der Waals surface area contributed by atoms with Crippen LogP contribution in [-0.4, -0.2) is 42.6 Å². The SMILES string of the molecule is COc1ccc([N+](=O)[O-])cc1CN1CCN[C@H](C)C1.